The van der Waals surface area contributed by atoms with E-state index in [4.69, 9.17) is 10.5 Å². The van der Waals surface area contributed by atoms with Crippen molar-refractivity contribution in [2.75, 3.05) is 0 Å². The van der Waals surface area contributed by atoms with E-state index in [1.54, 1.807) is 6.92 Å². The van der Waals surface area contributed by atoms with Crippen LogP contribution in [0.2, 0.25) is 0 Å². The van der Waals surface area contributed by atoms with Crippen molar-refractivity contribution in [2.24, 2.45) is 0 Å². The third-order valence-corrected chi connectivity index (χ3v) is 1.92. The predicted molar refractivity (Wildman–Crippen MR) is 37.5 cm³/mol. The Bertz CT molecular complexity index is 74.8. The van der Waals surface area contributed by atoms with Crippen LogP contribution in [0.3, 0.4) is 0 Å². The molecule has 0 saturated carbocycles. The van der Waals surface area contributed by atoms with E-state index in [1.165, 1.54) is 17.3 Å². The smallest absolute Gasteiger partial charge is 0.0631 e. The van der Waals surface area contributed by atoms with Crippen molar-refractivity contribution in [2.45, 2.75) is 25.2 Å². The summed E-state index contributed by atoms with van der Waals surface area (Å²) in [5, 5.41) is 15.6. The lowest BCUT2D eigenvalue weighted by Crippen LogP contribution is -2.14. The number of hydrogen-bond acceptors (Lipinski definition) is 3. The summed E-state index contributed by atoms with van der Waals surface area (Å²) < 4.78 is 0. The zero-order valence-electron chi connectivity index (χ0n) is 5.09. The summed E-state index contributed by atoms with van der Waals surface area (Å²) in [5.41, 5.74) is 1.25. The van der Waals surface area contributed by atoms with Crippen LogP contribution in [0.15, 0.2) is 0 Å². The summed E-state index contributed by atoms with van der Waals surface area (Å²) in [4.78, 5) is 0. The van der Waals surface area contributed by atoms with E-state index < -0.39 is 0 Å². The van der Waals surface area contributed by atoms with Crippen LogP contribution in [-0.4, -0.2) is 22.0 Å². The zero-order valence-corrected chi connectivity index (χ0v) is 5.90. The van der Waals surface area contributed by atoms with Crippen LogP contribution < -0.4 is 0 Å². The van der Waals surface area contributed by atoms with Gasteiger partial charge in [-0.25, -0.2) is 0 Å². The molecule has 0 radical (unpaired) electrons. The monoisotopic (exact) mass is 133 g/mol. The van der Waals surface area contributed by atoms with Gasteiger partial charge in [-0.1, -0.05) is 6.92 Å². The highest BCUT2D eigenvalue weighted by Gasteiger charge is 2.05. The largest absolute Gasteiger partial charge is 0.392 e. The molecule has 0 aromatic carbocycles. The van der Waals surface area contributed by atoms with E-state index in [-0.39, 0.29) is 11.4 Å². The molecule has 48 valence electrons. The van der Waals surface area contributed by atoms with Gasteiger partial charge in [-0.2, -0.15) is 0 Å². The maximum Gasteiger partial charge on any atom is 0.0631 e. The number of nitrogens with one attached hydrogen (secondary N) is 1. The molecule has 0 amide bonds. The lowest BCUT2D eigenvalue weighted by atomic mass is 10.3. The molecule has 2 atom stereocenters. The average molecular weight is 133 g/mol. The molecule has 3 heteroatoms. The molecule has 0 aliphatic rings. The standard InChI is InChI=1S/C5H11NOS/c1-4(7)5(2)8-3-6/h3-7H,1-2H3/t4-,5?/m1/s1. The second-order valence-corrected chi connectivity index (χ2v) is 2.95. The summed E-state index contributed by atoms with van der Waals surface area (Å²) in [6.45, 7) is 3.61. The first-order valence-corrected chi connectivity index (χ1v) is 3.45. The minimum Gasteiger partial charge on any atom is -0.392 e. The molecule has 0 saturated heterocycles. The molecule has 0 rings (SSSR count). The third kappa shape index (κ3) is 3.04. The van der Waals surface area contributed by atoms with Crippen molar-refractivity contribution >= 4 is 17.3 Å². The topological polar surface area (TPSA) is 44.1 Å². The van der Waals surface area contributed by atoms with Crippen molar-refractivity contribution in [3.8, 4) is 0 Å². The van der Waals surface area contributed by atoms with Gasteiger partial charge >= 0.3 is 0 Å². The molecule has 8 heavy (non-hydrogen) atoms. The highest BCUT2D eigenvalue weighted by molar-refractivity contribution is 8.12. The van der Waals surface area contributed by atoms with Crippen LogP contribution >= 0.6 is 11.8 Å². The molecule has 0 aromatic heterocycles. The molecule has 0 aliphatic heterocycles. The van der Waals surface area contributed by atoms with Gasteiger partial charge in [0.1, 0.15) is 0 Å². The molecular weight excluding hydrogens is 122 g/mol. The van der Waals surface area contributed by atoms with Crippen LogP contribution in [0, 0.1) is 5.41 Å². The van der Waals surface area contributed by atoms with E-state index in [9.17, 15) is 0 Å². The molecular formula is C5H11NOS. The Morgan fingerprint density at radius 3 is 2.25 bits per heavy atom. The van der Waals surface area contributed by atoms with E-state index in [2.05, 4.69) is 0 Å². The highest BCUT2D eigenvalue weighted by Crippen LogP contribution is 2.09. The first-order valence-electron chi connectivity index (χ1n) is 2.51. The minimum absolute atomic E-state index is 0.146. The van der Waals surface area contributed by atoms with E-state index >= 15 is 0 Å². The molecule has 2 N–H and O–H groups in total. The van der Waals surface area contributed by atoms with Gasteiger partial charge in [0.2, 0.25) is 0 Å². The fourth-order valence-corrected chi connectivity index (χ4v) is 0.663. The van der Waals surface area contributed by atoms with Crippen LogP contribution in [0.1, 0.15) is 13.8 Å². The zero-order chi connectivity index (χ0) is 6.57. The minimum atomic E-state index is -0.318. The molecule has 1 unspecified atom stereocenters. The summed E-state index contributed by atoms with van der Waals surface area (Å²) in [7, 11) is 0. The van der Waals surface area contributed by atoms with Crippen molar-refractivity contribution < 1.29 is 5.11 Å². The second-order valence-electron chi connectivity index (χ2n) is 1.70. The number of thioether (sulfide) groups is 1. The Hall–Kier alpha value is -0.0200. The SMILES string of the molecule is CC(SC=N)[C@@H](C)O. The van der Waals surface area contributed by atoms with Crippen LogP contribution in [0.5, 0.6) is 0 Å². The lowest BCUT2D eigenvalue weighted by Gasteiger charge is -2.09. The quantitative estimate of drug-likeness (QED) is 0.447. The fraction of sp³-hybridized carbons (Fsp3) is 0.800. The van der Waals surface area contributed by atoms with Gasteiger partial charge in [-0.15, -0.1) is 11.8 Å². The van der Waals surface area contributed by atoms with Gasteiger partial charge in [-0.05, 0) is 6.92 Å². The van der Waals surface area contributed by atoms with E-state index in [0.29, 0.717) is 0 Å². The van der Waals surface area contributed by atoms with Crippen LogP contribution in [0.4, 0.5) is 0 Å². The molecule has 0 heterocycles. The Morgan fingerprint density at radius 1 is 1.62 bits per heavy atom. The van der Waals surface area contributed by atoms with Crippen LogP contribution in [-0.2, 0) is 0 Å². The van der Waals surface area contributed by atoms with Gasteiger partial charge in [0.15, 0.2) is 0 Å². The van der Waals surface area contributed by atoms with Crippen molar-refractivity contribution in [1.29, 1.82) is 5.41 Å². The Balaban J connectivity index is 3.30. The number of aliphatic hydroxyl groups excluding tert-OH is 1. The summed E-state index contributed by atoms with van der Waals surface area (Å²) in [6, 6.07) is 0. The number of rotatable bonds is 3. The molecule has 0 fully saturated rings. The maximum absolute atomic E-state index is 8.83. The second kappa shape index (κ2) is 3.92. The summed E-state index contributed by atoms with van der Waals surface area (Å²) >= 11 is 1.33. The van der Waals surface area contributed by atoms with E-state index in [1.807, 2.05) is 6.92 Å². The predicted octanol–water partition coefficient (Wildman–Crippen LogP) is 1.10. The van der Waals surface area contributed by atoms with Gasteiger partial charge in [0, 0.05) is 5.25 Å². The fourth-order valence-electron chi connectivity index (χ4n) is 0.221. The number of aliphatic hydroxyl groups is 1. The first kappa shape index (κ1) is 7.98. The van der Waals surface area contributed by atoms with Crippen molar-refractivity contribution in [3.63, 3.8) is 0 Å². The Morgan fingerprint density at radius 2 is 2.12 bits per heavy atom. The van der Waals surface area contributed by atoms with Crippen molar-refractivity contribution in [1.82, 2.24) is 0 Å². The first-order chi connectivity index (χ1) is 3.68. The molecule has 0 bridgehead atoms. The van der Waals surface area contributed by atoms with Crippen LogP contribution in [0.25, 0.3) is 0 Å². The molecule has 2 nitrogen and oxygen atoms in total. The normalized spacial score (nSPS) is 17.4. The number of hydrogen-bond donors (Lipinski definition) is 2. The third-order valence-electron chi connectivity index (χ3n) is 0.962. The Kier molecular flexibility index (Phi) is 3.91. The van der Waals surface area contributed by atoms with Crippen molar-refractivity contribution in [3.05, 3.63) is 0 Å². The van der Waals surface area contributed by atoms with Gasteiger partial charge in [-0.3, -0.25) is 0 Å². The maximum atomic E-state index is 8.83. The summed E-state index contributed by atoms with van der Waals surface area (Å²) in [5.74, 6) is 0. The molecule has 0 spiro atoms. The lowest BCUT2D eigenvalue weighted by molar-refractivity contribution is 0.196. The van der Waals surface area contributed by atoms with Gasteiger partial charge in [0.25, 0.3) is 0 Å². The highest BCUT2D eigenvalue weighted by atomic mass is 32.2. The van der Waals surface area contributed by atoms with E-state index in [0.717, 1.165) is 0 Å². The summed E-state index contributed by atoms with van der Waals surface area (Å²) in [6.07, 6.45) is -0.318. The van der Waals surface area contributed by atoms with Gasteiger partial charge < -0.3 is 10.5 Å². The average Bonchev–Trinajstić information content (AvgIpc) is 1.67. The van der Waals surface area contributed by atoms with Gasteiger partial charge in [0.05, 0.1) is 11.7 Å². The molecule has 0 aromatic rings. The Labute approximate surface area is 53.8 Å². The molecule has 0 aliphatic carbocycles.